The minimum absolute atomic E-state index is 0.189. The maximum absolute atomic E-state index is 12.6. The number of aliphatic carboxylic acids is 1. The monoisotopic (exact) mass is 719 g/mol. The van der Waals surface area contributed by atoms with E-state index in [1.54, 1.807) is 11.8 Å². The predicted octanol–water partition coefficient (Wildman–Crippen LogP) is 3.20. The van der Waals surface area contributed by atoms with Gasteiger partial charge in [-0.05, 0) is 60.2 Å². The molecule has 3 aromatic rings. The van der Waals surface area contributed by atoms with E-state index in [-0.39, 0.29) is 19.2 Å². The number of likely N-dealkylation sites (tertiary alicyclic amines) is 1. The molecule has 0 unspecified atom stereocenters. The highest BCUT2D eigenvalue weighted by Crippen LogP contribution is 2.43. The third kappa shape index (κ3) is 8.46. The number of alkyl halides is 3. The lowest BCUT2D eigenvalue weighted by Gasteiger charge is -2.33. The molecule has 0 saturated carbocycles. The van der Waals surface area contributed by atoms with E-state index >= 15 is 0 Å². The van der Waals surface area contributed by atoms with E-state index in [1.165, 1.54) is 18.1 Å². The number of hydrogen-bond acceptors (Lipinski definition) is 12. The van der Waals surface area contributed by atoms with Gasteiger partial charge in [0.2, 0.25) is 6.79 Å². The smallest absolute Gasteiger partial charge is 0.475 e. The van der Waals surface area contributed by atoms with Crippen molar-refractivity contribution in [3.63, 3.8) is 0 Å². The first-order valence-corrected chi connectivity index (χ1v) is 15.1. The van der Waals surface area contributed by atoms with E-state index in [9.17, 15) is 22.8 Å². The number of fused-ring (bicyclic) bond motifs is 2. The second kappa shape index (κ2) is 14.5. The van der Waals surface area contributed by atoms with Crippen molar-refractivity contribution in [2.75, 3.05) is 32.2 Å². The summed E-state index contributed by atoms with van der Waals surface area (Å²) in [4.78, 5) is 49.0. The molecule has 45 heavy (non-hydrogen) atoms. The van der Waals surface area contributed by atoms with Crippen LogP contribution < -0.4 is 20.9 Å². The third-order valence-electron chi connectivity index (χ3n) is 6.91. The second-order valence-electron chi connectivity index (χ2n) is 9.91. The van der Waals surface area contributed by atoms with Crippen LogP contribution >= 0.6 is 27.7 Å². The number of ether oxygens (including phenoxy) is 3. The Bertz CT molecular complexity index is 1570. The predicted molar refractivity (Wildman–Crippen MR) is 156 cm³/mol. The minimum Gasteiger partial charge on any atom is -0.475 e. The van der Waals surface area contributed by atoms with Gasteiger partial charge in [0.1, 0.15) is 6.33 Å². The number of piperidine rings is 1. The highest BCUT2D eigenvalue weighted by Gasteiger charge is 2.38. The molecular formula is C26H29BrF3N7O7S. The Morgan fingerprint density at radius 1 is 1.20 bits per heavy atom. The molecule has 2 aliphatic rings. The van der Waals surface area contributed by atoms with E-state index in [0.29, 0.717) is 54.0 Å². The molecule has 1 amide bonds. The number of anilines is 1. The summed E-state index contributed by atoms with van der Waals surface area (Å²) in [7, 11) is 0. The molecule has 19 heteroatoms. The van der Waals surface area contributed by atoms with E-state index in [1.807, 2.05) is 12.1 Å². The summed E-state index contributed by atoms with van der Waals surface area (Å²) in [5, 5.41) is 7.87. The van der Waals surface area contributed by atoms with Gasteiger partial charge in [-0.15, -0.1) is 0 Å². The zero-order chi connectivity index (χ0) is 32.9. The van der Waals surface area contributed by atoms with Crippen LogP contribution in [0.25, 0.3) is 11.2 Å². The Balaban J connectivity index is 0.000000591. The number of nitrogens with zero attached hydrogens (tertiary/aromatic N) is 5. The van der Waals surface area contributed by atoms with Gasteiger partial charge in [-0.2, -0.15) is 13.2 Å². The van der Waals surface area contributed by atoms with Gasteiger partial charge < -0.3 is 40.3 Å². The molecule has 4 heterocycles. The molecule has 1 fully saturated rings. The molecule has 0 aliphatic carbocycles. The average Bonchev–Trinajstić information content (AvgIpc) is 3.60. The van der Waals surface area contributed by atoms with Crippen LogP contribution in [0.5, 0.6) is 11.5 Å². The van der Waals surface area contributed by atoms with Crippen LogP contribution in [0.2, 0.25) is 0 Å². The number of imidazole rings is 1. The van der Waals surface area contributed by atoms with Gasteiger partial charge in [-0.3, -0.25) is 9.59 Å². The molecule has 1 saturated heterocycles. The number of esters is 1. The van der Waals surface area contributed by atoms with Crippen LogP contribution in [0.1, 0.15) is 26.2 Å². The largest absolute Gasteiger partial charge is 0.490 e. The van der Waals surface area contributed by atoms with Crippen LogP contribution in [0.4, 0.5) is 19.0 Å². The quantitative estimate of drug-likeness (QED) is 0.287. The van der Waals surface area contributed by atoms with E-state index < -0.39 is 24.2 Å². The molecule has 0 spiro atoms. The molecule has 1 atom stereocenters. The first-order valence-electron chi connectivity index (χ1n) is 13.5. The van der Waals surface area contributed by atoms with E-state index in [4.69, 9.17) is 40.6 Å². The van der Waals surface area contributed by atoms with E-state index in [0.717, 1.165) is 33.8 Å². The summed E-state index contributed by atoms with van der Waals surface area (Å²) in [6, 6.07) is 3.81. The van der Waals surface area contributed by atoms with Gasteiger partial charge >= 0.3 is 18.1 Å². The highest BCUT2D eigenvalue weighted by molar-refractivity contribution is 9.10. The lowest BCUT2D eigenvalue weighted by molar-refractivity contribution is -0.192. The highest BCUT2D eigenvalue weighted by atomic mass is 79.9. The third-order valence-corrected chi connectivity index (χ3v) is 8.88. The molecule has 244 valence electrons. The Kier molecular flexibility index (Phi) is 11.0. The summed E-state index contributed by atoms with van der Waals surface area (Å²) in [6.45, 7) is 3.44. The SMILES string of the molecule is C[C@H](OC(=O)CN)C(=O)N1CCC(CCn2c(Sc3cc4c(cc3Br)OCO4)nc3c(N)ncnc32)CC1.O=C(O)C(F)(F)F. The van der Waals surface area contributed by atoms with Crippen LogP contribution in [0.3, 0.4) is 0 Å². The summed E-state index contributed by atoms with van der Waals surface area (Å²) in [5.41, 5.74) is 12.6. The molecule has 2 aromatic heterocycles. The zero-order valence-electron chi connectivity index (χ0n) is 23.8. The van der Waals surface area contributed by atoms with Crippen LogP contribution in [0, 0.1) is 5.92 Å². The summed E-state index contributed by atoms with van der Waals surface area (Å²) >= 11 is 5.11. The lowest BCUT2D eigenvalue weighted by Crippen LogP contribution is -2.44. The number of aryl methyl sites for hydroxylation is 1. The number of hydrogen-bond donors (Lipinski definition) is 3. The average molecular weight is 721 g/mol. The normalized spacial score (nSPS) is 15.4. The van der Waals surface area contributed by atoms with Gasteiger partial charge in [0, 0.05) is 29.0 Å². The number of amides is 1. The Labute approximate surface area is 266 Å². The maximum Gasteiger partial charge on any atom is 0.490 e. The van der Waals surface area contributed by atoms with Gasteiger partial charge in [0.25, 0.3) is 5.91 Å². The fourth-order valence-electron chi connectivity index (χ4n) is 4.60. The fourth-order valence-corrected chi connectivity index (χ4v) is 6.10. The maximum atomic E-state index is 12.6. The molecule has 0 radical (unpaired) electrons. The number of aromatic nitrogens is 4. The molecule has 14 nitrogen and oxygen atoms in total. The summed E-state index contributed by atoms with van der Waals surface area (Å²) < 4.78 is 50.8. The Hall–Kier alpha value is -3.84. The van der Waals surface area contributed by atoms with Gasteiger partial charge in [-0.1, -0.05) is 11.8 Å². The summed E-state index contributed by atoms with van der Waals surface area (Å²) in [5.74, 6) is -1.41. The standard InChI is InChI=1S/C24H28BrN7O5S.C2HF3O2/c1-13(37-19(33)10-26)23(34)31-5-2-14(3-6-31)4-7-32-22-20(21(27)28-11-29-22)30-24(32)38-18-9-17-16(8-15(18)25)35-12-36-17;3-2(4,5)1(6)7/h8-9,11,13-14H,2-7,10,12,26H2,1H3,(H2,27,28,29);(H,6,7)/t13-;/m0./s1. The molecule has 1 aromatic carbocycles. The van der Waals surface area contributed by atoms with E-state index in [2.05, 4.69) is 30.5 Å². The number of nitrogens with two attached hydrogens (primary N) is 2. The van der Waals surface area contributed by atoms with Crippen molar-refractivity contribution in [2.24, 2.45) is 11.7 Å². The van der Waals surface area contributed by atoms with Crippen molar-refractivity contribution in [2.45, 2.75) is 55.1 Å². The Morgan fingerprint density at radius 3 is 2.47 bits per heavy atom. The summed E-state index contributed by atoms with van der Waals surface area (Å²) in [6.07, 6.45) is -1.89. The number of halogens is 4. The minimum atomic E-state index is -5.08. The fraction of sp³-hybridized carbons (Fsp3) is 0.462. The molecule has 0 bridgehead atoms. The molecule has 2 aliphatic heterocycles. The lowest BCUT2D eigenvalue weighted by atomic mass is 9.93. The number of benzene rings is 1. The van der Waals surface area contributed by atoms with Gasteiger partial charge in [-0.25, -0.2) is 19.7 Å². The van der Waals surface area contributed by atoms with Crippen LogP contribution in [0.15, 0.2) is 33.0 Å². The van der Waals surface area contributed by atoms with Crippen molar-refractivity contribution >= 4 is 62.5 Å². The van der Waals surface area contributed by atoms with Crippen molar-refractivity contribution in [1.82, 2.24) is 24.4 Å². The first-order chi connectivity index (χ1) is 21.3. The molecular weight excluding hydrogens is 691 g/mol. The number of carboxylic acids is 1. The number of carboxylic acid groups (broad SMARTS) is 1. The molecule has 5 N–H and O–H groups in total. The van der Waals surface area contributed by atoms with Crippen LogP contribution in [-0.4, -0.2) is 86.1 Å². The van der Waals surface area contributed by atoms with Gasteiger partial charge in [0.15, 0.2) is 39.7 Å². The number of carbonyl (C=O) groups is 3. The number of rotatable bonds is 8. The van der Waals surface area contributed by atoms with Gasteiger partial charge in [0.05, 0.1) is 6.54 Å². The van der Waals surface area contributed by atoms with Crippen molar-refractivity contribution < 1.29 is 46.9 Å². The second-order valence-corrected chi connectivity index (χ2v) is 11.8. The van der Waals surface area contributed by atoms with Crippen molar-refractivity contribution in [3.05, 3.63) is 22.9 Å². The topological polar surface area (TPSA) is 198 Å². The zero-order valence-corrected chi connectivity index (χ0v) is 26.2. The molecule has 5 rings (SSSR count). The van der Waals surface area contributed by atoms with Crippen LogP contribution in [-0.2, 0) is 25.7 Å². The first kappa shape index (κ1) is 34.0. The number of carbonyl (C=O) groups excluding carboxylic acids is 2. The van der Waals surface area contributed by atoms with Crippen molar-refractivity contribution in [1.29, 1.82) is 0 Å². The van der Waals surface area contributed by atoms with Crippen molar-refractivity contribution in [3.8, 4) is 11.5 Å². The number of nitrogen functional groups attached to an aromatic ring is 1. The Morgan fingerprint density at radius 2 is 1.84 bits per heavy atom.